The average molecular weight is 369 g/mol. The predicted octanol–water partition coefficient (Wildman–Crippen LogP) is 2.55. The first-order chi connectivity index (χ1) is 12.2. The zero-order valence-electron chi connectivity index (χ0n) is 17.7. The van der Waals surface area contributed by atoms with Gasteiger partial charge in [-0.2, -0.15) is 0 Å². The molecule has 0 aromatic carbocycles. The van der Waals surface area contributed by atoms with Crippen molar-refractivity contribution in [3.8, 4) is 0 Å². The number of hydrogen-bond donors (Lipinski definition) is 2. The Kier molecular flexibility index (Phi) is 9.58. The Labute approximate surface area is 160 Å². The minimum absolute atomic E-state index is 0.0485. The molecule has 2 unspecified atom stereocenters. The van der Waals surface area contributed by atoms with Gasteiger partial charge >= 0.3 is 6.03 Å². The maximum Gasteiger partial charge on any atom is 0.324 e. The van der Waals surface area contributed by atoms with Gasteiger partial charge in [0.1, 0.15) is 0 Å². The van der Waals surface area contributed by atoms with Crippen LogP contribution in [-0.4, -0.2) is 69.1 Å². The lowest BCUT2D eigenvalue weighted by Crippen LogP contribution is -2.49. The number of carbonyl (C=O) groups excluding carboxylic acids is 2. The smallest absolute Gasteiger partial charge is 0.324 e. The maximum absolute atomic E-state index is 13.1. The van der Waals surface area contributed by atoms with Crippen molar-refractivity contribution >= 4 is 11.9 Å². The van der Waals surface area contributed by atoms with Crippen molar-refractivity contribution in [2.24, 2.45) is 17.3 Å². The molecule has 1 saturated carbocycles. The van der Waals surface area contributed by atoms with Crippen molar-refractivity contribution in [3.63, 3.8) is 0 Å². The van der Waals surface area contributed by atoms with Crippen LogP contribution >= 0.6 is 0 Å². The third-order valence-corrected chi connectivity index (χ3v) is 5.39. The fourth-order valence-electron chi connectivity index (χ4n) is 4.08. The maximum atomic E-state index is 13.1. The number of nitrogens with zero attached hydrogens (tertiary/aromatic N) is 2. The van der Waals surface area contributed by atoms with E-state index in [1.807, 2.05) is 33.0 Å². The lowest BCUT2D eigenvalue weighted by atomic mass is 9.70. The molecule has 0 spiro atoms. The van der Waals surface area contributed by atoms with Gasteiger partial charge < -0.3 is 15.5 Å². The molecule has 0 aliphatic heterocycles. The molecular formula is C20H40N4O2. The SMILES string of the molecule is CCN(C(=O)NCCN(C)C)C(=O)C(CNC)CC1CCCC(C)(C)C1. The first kappa shape index (κ1) is 22.9. The molecule has 6 nitrogen and oxygen atoms in total. The fraction of sp³-hybridized carbons (Fsp3) is 0.900. The monoisotopic (exact) mass is 368 g/mol. The molecule has 152 valence electrons. The van der Waals surface area contributed by atoms with Crippen molar-refractivity contribution < 1.29 is 9.59 Å². The van der Waals surface area contributed by atoms with Crippen molar-refractivity contribution in [2.75, 3.05) is 47.3 Å². The number of carbonyl (C=O) groups is 2. The third-order valence-electron chi connectivity index (χ3n) is 5.39. The second-order valence-corrected chi connectivity index (χ2v) is 8.73. The van der Waals surface area contributed by atoms with Crippen LogP contribution in [0.25, 0.3) is 0 Å². The van der Waals surface area contributed by atoms with E-state index in [1.165, 1.54) is 30.6 Å². The topological polar surface area (TPSA) is 64.7 Å². The molecule has 0 radical (unpaired) electrons. The Hall–Kier alpha value is -1.14. The van der Waals surface area contributed by atoms with Gasteiger partial charge in [0.2, 0.25) is 5.91 Å². The van der Waals surface area contributed by atoms with Crippen LogP contribution in [0, 0.1) is 17.3 Å². The van der Waals surface area contributed by atoms with Gasteiger partial charge in [-0.25, -0.2) is 4.79 Å². The Bertz CT molecular complexity index is 451. The summed E-state index contributed by atoms with van der Waals surface area (Å²) in [6, 6.07) is -0.274. The first-order valence-electron chi connectivity index (χ1n) is 10.1. The summed E-state index contributed by atoms with van der Waals surface area (Å²) in [7, 11) is 5.80. The molecule has 1 rings (SSSR count). The summed E-state index contributed by atoms with van der Waals surface area (Å²) in [6.07, 6.45) is 5.73. The number of likely N-dealkylation sites (N-methyl/N-ethyl adjacent to an activating group) is 1. The van der Waals surface area contributed by atoms with Gasteiger partial charge in [0, 0.05) is 26.2 Å². The lowest BCUT2D eigenvalue weighted by molar-refractivity contribution is -0.133. The highest BCUT2D eigenvalue weighted by molar-refractivity contribution is 5.95. The standard InChI is InChI=1S/C20H40N4O2/c1-7-24(19(26)22-11-12-23(5)6)18(25)17(15-21-4)13-16-9-8-10-20(2,3)14-16/h16-17,21H,7-15H2,1-6H3,(H,22,26). The highest BCUT2D eigenvalue weighted by atomic mass is 16.2. The minimum atomic E-state index is -0.274. The second-order valence-electron chi connectivity index (χ2n) is 8.73. The highest BCUT2D eigenvalue weighted by Gasteiger charge is 2.33. The van der Waals surface area contributed by atoms with Crippen LogP contribution in [0.1, 0.15) is 52.9 Å². The van der Waals surface area contributed by atoms with Gasteiger partial charge in [0.15, 0.2) is 0 Å². The molecule has 0 heterocycles. The van der Waals surface area contributed by atoms with Crippen molar-refractivity contribution in [2.45, 2.75) is 52.9 Å². The summed E-state index contributed by atoms with van der Waals surface area (Å²) in [5.74, 6) is 0.377. The minimum Gasteiger partial charge on any atom is -0.336 e. The number of imide groups is 1. The molecule has 3 amide bonds. The van der Waals surface area contributed by atoms with E-state index in [2.05, 4.69) is 24.5 Å². The van der Waals surface area contributed by atoms with E-state index < -0.39 is 0 Å². The molecule has 0 bridgehead atoms. The molecule has 2 atom stereocenters. The second kappa shape index (κ2) is 10.9. The van der Waals surface area contributed by atoms with E-state index in [9.17, 15) is 9.59 Å². The Morgan fingerprint density at radius 2 is 1.96 bits per heavy atom. The van der Waals surface area contributed by atoms with Crippen LogP contribution in [-0.2, 0) is 4.79 Å². The average Bonchev–Trinajstić information content (AvgIpc) is 2.53. The lowest BCUT2D eigenvalue weighted by Gasteiger charge is -2.37. The van der Waals surface area contributed by atoms with E-state index in [0.29, 0.717) is 31.0 Å². The summed E-state index contributed by atoms with van der Waals surface area (Å²) >= 11 is 0. The van der Waals surface area contributed by atoms with Crippen molar-refractivity contribution in [1.82, 2.24) is 20.4 Å². The summed E-state index contributed by atoms with van der Waals surface area (Å²) in [5, 5.41) is 6.01. The van der Waals surface area contributed by atoms with Gasteiger partial charge in [-0.1, -0.05) is 26.7 Å². The Balaban J connectivity index is 2.69. The normalized spacial score (nSPS) is 20.7. The third kappa shape index (κ3) is 7.62. The summed E-state index contributed by atoms with van der Waals surface area (Å²) < 4.78 is 0. The largest absolute Gasteiger partial charge is 0.336 e. The number of hydrogen-bond acceptors (Lipinski definition) is 4. The zero-order chi connectivity index (χ0) is 19.7. The van der Waals surface area contributed by atoms with Crippen LogP contribution in [0.5, 0.6) is 0 Å². The summed E-state index contributed by atoms with van der Waals surface area (Å²) in [4.78, 5) is 28.9. The van der Waals surface area contributed by atoms with Gasteiger partial charge in [-0.3, -0.25) is 9.69 Å². The number of urea groups is 1. The summed E-state index contributed by atoms with van der Waals surface area (Å²) in [5.41, 5.74) is 0.365. The van der Waals surface area contributed by atoms with Crippen LogP contribution in [0.3, 0.4) is 0 Å². The van der Waals surface area contributed by atoms with Gasteiger partial charge in [-0.15, -0.1) is 0 Å². The predicted molar refractivity (Wildman–Crippen MR) is 107 cm³/mol. The van der Waals surface area contributed by atoms with E-state index in [4.69, 9.17) is 0 Å². The molecular weight excluding hydrogens is 328 g/mol. The molecule has 1 aliphatic carbocycles. The number of rotatable bonds is 9. The molecule has 26 heavy (non-hydrogen) atoms. The van der Waals surface area contributed by atoms with Crippen LogP contribution in [0.4, 0.5) is 4.79 Å². The van der Waals surface area contributed by atoms with Gasteiger partial charge in [0.05, 0.1) is 5.92 Å². The van der Waals surface area contributed by atoms with E-state index in [-0.39, 0.29) is 17.9 Å². The van der Waals surface area contributed by atoms with Gasteiger partial charge in [-0.05, 0) is 58.7 Å². The number of amides is 3. The molecule has 6 heteroatoms. The quantitative estimate of drug-likeness (QED) is 0.656. The Morgan fingerprint density at radius 3 is 2.50 bits per heavy atom. The van der Waals surface area contributed by atoms with Crippen molar-refractivity contribution in [1.29, 1.82) is 0 Å². The van der Waals surface area contributed by atoms with E-state index in [1.54, 1.807) is 0 Å². The molecule has 0 saturated heterocycles. The molecule has 0 aromatic rings. The van der Waals surface area contributed by atoms with Crippen LogP contribution in [0.15, 0.2) is 0 Å². The number of nitrogens with one attached hydrogen (secondary N) is 2. The van der Waals surface area contributed by atoms with Gasteiger partial charge in [0.25, 0.3) is 0 Å². The molecule has 1 aliphatic rings. The Morgan fingerprint density at radius 1 is 1.27 bits per heavy atom. The highest BCUT2D eigenvalue weighted by Crippen LogP contribution is 2.41. The molecule has 2 N–H and O–H groups in total. The molecule has 1 fully saturated rings. The van der Waals surface area contributed by atoms with E-state index in [0.717, 1.165) is 13.0 Å². The van der Waals surface area contributed by atoms with E-state index >= 15 is 0 Å². The van der Waals surface area contributed by atoms with Crippen molar-refractivity contribution in [3.05, 3.63) is 0 Å². The van der Waals surface area contributed by atoms with Crippen LogP contribution < -0.4 is 10.6 Å². The fourth-order valence-corrected chi connectivity index (χ4v) is 4.08. The van der Waals surface area contributed by atoms with Crippen LogP contribution in [0.2, 0.25) is 0 Å². The zero-order valence-corrected chi connectivity index (χ0v) is 17.7. The first-order valence-corrected chi connectivity index (χ1v) is 10.1. The summed E-state index contributed by atoms with van der Waals surface area (Å²) in [6.45, 7) is 8.84. The molecule has 0 aromatic heterocycles.